The van der Waals surface area contributed by atoms with Gasteiger partial charge < -0.3 is 14.5 Å². The molecule has 0 aromatic heterocycles. The molecule has 0 saturated carbocycles. The second-order valence-corrected chi connectivity index (χ2v) is 7.48. The van der Waals surface area contributed by atoms with Crippen molar-refractivity contribution in [2.75, 3.05) is 44.7 Å². The molecule has 28 heavy (non-hydrogen) atoms. The Morgan fingerprint density at radius 2 is 1.54 bits per heavy atom. The number of likely N-dealkylation sites (tertiary alicyclic amines) is 1. The van der Waals surface area contributed by atoms with E-state index in [2.05, 4.69) is 4.90 Å². The van der Waals surface area contributed by atoms with Crippen LogP contribution in [0.5, 0.6) is 5.75 Å². The zero-order valence-electron chi connectivity index (χ0n) is 16.0. The summed E-state index contributed by atoms with van der Waals surface area (Å²) in [6, 6.07) is 7.86. The predicted molar refractivity (Wildman–Crippen MR) is 104 cm³/mol. The first-order valence-corrected chi connectivity index (χ1v) is 9.75. The molecule has 7 heteroatoms. The topological polar surface area (TPSA) is 70.2 Å². The zero-order valence-corrected chi connectivity index (χ0v) is 16.0. The maximum absolute atomic E-state index is 12.7. The van der Waals surface area contributed by atoms with E-state index >= 15 is 0 Å². The van der Waals surface area contributed by atoms with Gasteiger partial charge in [-0.3, -0.25) is 19.3 Å². The van der Waals surface area contributed by atoms with Crippen LogP contribution in [0.3, 0.4) is 0 Å². The van der Waals surface area contributed by atoms with Crippen molar-refractivity contribution in [3.63, 3.8) is 0 Å². The molecule has 1 aliphatic carbocycles. The lowest BCUT2D eigenvalue weighted by molar-refractivity contribution is -0.146. The van der Waals surface area contributed by atoms with Gasteiger partial charge in [-0.25, -0.2) is 0 Å². The molecule has 1 aromatic rings. The Morgan fingerprint density at radius 3 is 2.07 bits per heavy atom. The Kier molecular flexibility index (Phi) is 5.07. The summed E-state index contributed by atoms with van der Waals surface area (Å²) < 4.78 is 5.19. The van der Waals surface area contributed by atoms with E-state index in [1.165, 1.54) is 4.90 Å². The van der Waals surface area contributed by atoms with Gasteiger partial charge in [0.2, 0.25) is 17.7 Å². The number of amides is 3. The summed E-state index contributed by atoms with van der Waals surface area (Å²) in [5.74, 6) is -0.278. The third-order valence-electron chi connectivity index (χ3n) is 5.96. The van der Waals surface area contributed by atoms with Crippen LogP contribution in [-0.4, -0.2) is 67.4 Å². The minimum atomic E-state index is -0.280. The first-order valence-electron chi connectivity index (χ1n) is 9.75. The molecule has 2 saturated heterocycles. The number of ether oxygens (including phenoxy) is 1. The molecule has 0 spiro atoms. The SMILES string of the molecule is COc1ccc(N2CCN(C(=O)CN3C(=O)[C@@H]4CC=CC[C@H]4C3=O)CC2)cc1. The number of fused-ring (bicyclic) bond motifs is 1. The van der Waals surface area contributed by atoms with Gasteiger partial charge in [0.25, 0.3) is 0 Å². The van der Waals surface area contributed by atoms with Crippen molar-refractivity contribution in [3.05, 3.63) is 36.4 Å². The van der Waals surface area contributed by atoms with E-state index in [1.807, 2.05) is 36.4 Å². The number of hydrogen-bond donors (Lipinski definition) is 0. The fourth-order valence-corrected chi connectivity index (χ4v) is 4.27. The smallest absolute Gasteiger partial charge is 0.242 e. The van der Waals surface area contributed by atoms with E-state index in [0.717, 1.165) is 24.5 Å². The monoisotopic (exact) mass is 383 g/mol. The zero-order chi connectivity index (χ0) is 19.7. The molecule has 2 atom stereocenters. The lowest BCUT2D eigenvalue weighted by atomic mass is 9.85. The molecule has 7 nitrogen and oxygen atoms in total. The van der Waals surface area contributed by atoms with Gasteiger partial charge >= 0.3 is 0 Å². The molecule has 2 fully saturated rings. The molecule has 1 aromatic carbocycles. The lowest BCUT2D eigenvalue weighted by Gasteiger charge is -2.36. The van der Waals surface area contributed by atoms with Crippen LogP contribution in [0.25, 0.3) is 0 Å². The summed E-state index contributed by atoms with van der Waals surface area (Å²) in [5, 5.41) is 0. The first-order chi connectivity index (χ1) is 13.6. The molecule has 2 aliphatic heterocycles. The van der Waals surface area contributed by atoms with Gasteiger partial charge in [0.05, 0.1) is 18.9 Å². The van der Waals surface area contributed by atoms with E-state index in [4.69, 9.17) is 4.74 Å². The number of allylic oxidation sites excluding steroid dienone is 2. The number of methoxy groups -OCH3 is 1. The minimum absolute atomic E-state index is 0.132. The number of nitrogens with zero attached hydrogens (tertiary/aromatic N) is 3. The maximum Gasteiger partial charge on any atom is 0.242 e. The van der Waals surface area contributed by atoms with Crippen LogP contribution < -0.4 is 9.64 Å². The van der Waals surface area contributed by atoms with Gasteiger partial charge in [0.1, 0.15) is 12.3 Å². The van der Waals surface area contributed by atoms with Crippen LogP contribution in [0, 0.1) is 11.8 Å². The Morgan fingerprint density at radius 1 is 0.964 bits per heavy atom. The van der Waals surface area contributed by atoms with Gasteiger partial charge in [-0.15, -0.1) is 0 Å². The van der Waals surface area contributed by atoms with Crippen molar-refractivity contribution in [2.24, 2.45) is 11.8 Å². The number of carbonyl (C=O) groups excluding carboxylic acids is 3. The maximum atomic E-state index is 12.7. The highest BCUT2D eigenvalue weighted by Crippen LogP contribution is 2.35. The average Bonchev–Trinajstić information content (AvgIpc) is 2.99. The Labute approximate surface area is 164 Å². The van der Waals surface area contributed by atoms with E-state index in [0.29, 0.717) is 25.9 Å². The molecule has 0 unspecified atom stereocenters. The number of anilines is 1. The quantitative estimate of drug-likeness (QED) is 0.579. The lowest BCUT2D eigenvalue weighted by Crippen LogP contribution is -2.52. The summed E-state index contributed by atoms with van der Waals surface area (Å²) in [7, 11) is 1.64. The van der Waals surface area contributed by atoms with Crippen molar-refractivity contribution in [3.8, 4) is 5.75 Å². The third kappa shape index (κ3) is 3.37. The second kappa shape index (κ2) is 7.66. The van der Waals surface area contributed by atoms with Gasteiger partial charge in [-0.2, -0.15) is 0 Å². The summed E-state index contributed by atoms with van der Waals surface area (Å²) in [4.78, 5) is 42.9. The molecule has 2 heterocycles. The predicted octanol–water partition coefficient (Wildman–Crippen LogP) is 1.29. The molecule has 148 valence electrons. The largest absolute Gasteiger partial charge is 0.497 e. The van der Waals surface area contributed by atoms with E-state index < -0.39 is 0 Å². The fourth-order valence-electron chi connectivity index (χ4n) is 4.27. The summed E-state index contributed by atoms with van der Waals surface area (Å²) in [6.45, 7) is 2.46. The van der Waals surface area contributed by atoms with Gasteiger partial charge in [-0.05, 0) is 37.1 Å². The Bertz CT molecular complexity index is 770. The molecular formula is C21H25N3O4. The third-order valence-corrected chi connectivity index (χ3v) is 5.96. The summed E-state index contributed by atoms with van der Waals surface area (Å²) >= 11 is 0. The number of piperazine rings is 1. The molecule has 0 N–H and O–H groups in total. The number of benzene rings is 1. The average molecular weight is 383 g/mol. The highest BCUT2D eigenvalue weighted by atomic mass is 16.5. The van der Waals surface area contributed by atoms with Crippen LogP contribution in [0.1, 0.15) is 12.8 Å². The van der Waals surface area contributed by atoms with Crippen molar-refractivity contribution in [2.45, 2.75) is 12.8 Å². The van der Waals surface area contributed by atoms with Crippen LogP contribution in [0.15, 0.2) is 36.4 Å². The number of carbonyl (C=O) groups is 3. The Hall–Kier alpha value is -2.83. The van der Waals surface area contributed by atoms with Gasteiger partial charge in [-0.1, -0.05) is 12.2 Å². The minimum Gasteiger partial charge on any atom is -0.497 e. The van der Waals surface area contributed by atoms with Crippen LogP contribution in [0.4, 0.5) is 5.69 Å². The van der Waals surface area contributed by atoms with Gasteiger partial charge in [0.15, 0.2) is 0 Å². The molecular weight excluding hydrogens is 358 g/mol. The normalized spacial score (nSPS) is 24.5. The second-order valence-electron chi connectivity index (χ2n) is 7.48. The molecule has 0 bridgehead atoms. The van der Waals surface area contributed by atoms with Crippen LogP contribution >= 0.6 is 0 Å². The van der Waals surface area contributed by atoms with Crippen molar-refractivity contribution in [1.82, 2.24) is 9.80 Å². The molecule has 3 amide bonds. The first kappa shape index (κ1) is 18.5. The highest BCUT2D eigenvalue weighted by molar-refractivity contribution is 6.07. The van der Waals surface area contributed by atoms with Gasteiger partial charge in [0, 0.05) is 31.9 Å². The molecule has 4 rings (SSSR count). The van der Waals surface area contributed by atoms with Crippen molar-refractivity contribution >= 4 is 23.4 Å². The Balaban J connectivity index is 1.33. The number of imide groups is 1. The van der Waals surface area contributed by atoms with E-state index in [-0.39, 0.29) is 36.1 Å². The van der Waals surface area contributed by atoms with Crippen LogP contribution in [0.2, 0.25) is 0 Å². The fraction of sp³-hybridized carbons (Fsp3) is 0.476. The van der Waals surface area contributed by atoms with Crippen molar-refractivity contribution < 1.29 is 19.1 Å². The number of hydrogen-bond acceptors (Lipinski definition) is 5. The highest BCUT2D eigenvalue weighted by Gasteiger charge is 2.47. The van der Waals surface area contributed by atoms with E-state index in [1.54, 1.807) is 12.0 Å². The molecule has 3 aliphatic rings. The van der Waals surface area contributed by atoms with Crippen LogP contribution in [-0.2, 0) is 14.4 Å². The summed E-state index contributed by atoms with van der Waals surface area (Å²) in [5.41, 5.74) is 1.09. The molecule has 0 radical (unpaired) electrons. The van der Waals surface area contributed by atoms with E-state index in [9.17, 15) is 14.4 Å². The van der Waals surface area contributed by atoms with Crippen molar-refractivity contribution in [1.29, 1.82) is 0 Å². The standard InChI is InChI=1S/C21H25N3O4/c1-28-16-8-6-15(7-9-16)22-10-12-23(13-11-22)19(25)14-24-20(26)17-4-2-3-5-18(17)21(24)27/h2-3,6-9,17-18H,4-5,10-14H2,1H3/t17-,18-/m1/s1. The number of rotatable bonds is 4. The summed E-state index contributed by atoms with van der Waals surface area (Å²) in [6.07, 6.45) is 5.10.